The van der Waals surface area contributed by atoms with Gasteiger partial charge in [0, 0.05) is 28.3 Å². The maximum Gasteiger partial charge on any atom is 0.257 e. The Labute approximate surface area is 228 Å². The van der Waals surface area contributed by atoms with Gasteiger partial charge in [0.05, 0.1) is 27.9 Å². The highest BCUT2D eigenvalue weighted by molar-refractivity contribution is 6.30. The molecule has 0 radical (unpaired) electrons. The first-order valence-electron chi connectivity index (χ1n) is 12.1. The molecule has 0 spiro atoms. The Bertz CT molecular complexity index is 1430. The van der Waals surface area contributed by atoms with Crippen molar-refractivity contribution in [2.24, 2.45) is 5.92 Å². The molecule has 10 heteroatoms. The lowest BCUT2D eigenvalue weighted by atomic mass is 9.90. The van der Waals surface area contributed by atoms with Gasteiger partial charge in [0.15, 0.2) is 5.78 Å². The van der Waals surface area contributed by atoms with Crippen LogP contribution >= 0.6 is 23.2 Å². The lowest BCUT2D eigenvalue weighted by Crippen LogP contribution is -2.50. The molecule has 0 saturated heterocycles. The molecule has 7 nitrogen and oxygen atoms in total. The van der Waals surface area contributed by atoms with Crippen molar-refractivity contribution in [3.63, 3.8) is 0 Å². The highest BCUT2D eigenvalue weighted by atomic mass is 35.5. The fourth-order valence-corrected chi connectivity index (χ4v) is 5.06. The van der Waals surface area contributed by atoms with Crippen molar-refractivity contribution in [3.8, 4) is 0 Å². The quantitative estimate of drug-likeness (QED) is 0.286. The number of aromatic nitrogens is 1. The summed E-state index contributed by atoms with van der Waals surface area (Å²) in [6.45, 7) is 2.74. The van der Waals surface area contributed by atoms with E-state index in [0.717, 1.165) is 18.9 Å². The van der Waals surface area contributed by atoms with Gasteiger partial charge in [-0.25, -0.2) is 4.39 Å². The molecule has 2 aromatic carbocycles. The summed E-state index contributed by atoms with van der Waals surface area (Å²) < 4.78 is 22.4. The number of benzene rings is 2. The second kappa shape index (κ2) is 10.1. The molecule has 1 fully saturated rings. The number of carbonyl (C=O) groups is 3. The second-order valence-corrected chi connectivity index (χ2v) is 10.3. The smallest absolute Gasteiger partial charge is 0.257 e. The number of ketones is 1. The van der Waals surface area contributed by atoms with Gasteiger partial charge in [-0.1, -0.05) is 35.3 Å². The summed E-state index contributed by atoms with van der Waals surface area (Å²) >= 11 is 12.2. The van der Waals surface area contributed by atoms with E-state index in [1.54, 1.807) is 43.3 Å². The van der Waals surface area contributed by atoms with Gasteiger partial charge in [0.1, 0.15) is 12.5 Å². The van der Waals surface area contributed by atoms with E-state index in [1.807, 2.05) is 0 Å². The maximum atomic E-state index is 16.0. The van der Waals surface area contributed by atoms with Crippen LogP contribution in [0.25, 0.3) is 0 Å². The van der Waals surface area contributed by atoms with E-state index >= 15 is 4.39 Å². The van der Waals surface area contributed by atoms with Crippen molar-refractivity contribution in [2.45, 2.75) is 38.5 Å². The van der Waals surface area contributed by atoms with E-state index in [4.69, 9.17) is 27.9 Å². The maximum absolute atomic E-state index is 16.0. The lowest BCUT2D eigenvalue weighted by molar-refractivity contribution is -0.141. The van der Waals surface area contributed by atoms with Gasteiger partial charge in [-0.3, -0.25) is 24.3 Å². The third kappa shape index (κ3) is 4.57. The van der Waals surface area contributed by atoms with E-state index in [9.17, 15) is 14.4 Å². The van der Waals surface area contributed by atoms with Crippen LogP contribution in [0.3, 0.4) is 0 Å². The normalized spacial score (nSPS) is 19.3. The molecule has 2 aliphatic rings. The zero-order chi connectivity index (χ0) is 27.2. The van der Waals surface area contributed by atoms with Crippen LogP contribution in [0.5, 0.6) is 0 Å². The van der Waals surface area contributed by atoms with Crippen molar-refractivity contribution in [1.82, 2.24) is 15.2 Å². The Morgan fingerprint density at radius 3 is 2.45 bits per heavy atom. The Morgan fingerprint density at radius 2 is 1.84 bits per heavy atom. The second-order valence-electron chi connectivity index (χ2n) is 9.44. The van der Waals surface area contributed by atoms with Crippen LogP contribution in [0, 0.1) is 11.7 Å². The molecule has 38 heavy (non-hydrogen) atoms. The molecule has 2 heterocycles. The van der Waals surface area contributed by atoms with Crippen molar-refractivity contribution in [3.05, 3.63) is 98.5 Å². The summed E-state index contributed by atoms with van der Waals surface area (Å²) in [4.78, 5) is 44.4. The number of Topliss-reactive ketones (excluding diaryl/α,β-unsaturated/α-hetero) is 1. The first kappa shape index (κ1) is 26.3. The molecule has 1 unspecified atom stereocenters. The number of fused-ring (bicyclic) bond motifs is 1. The van der Waals surface area contributed by atoms with Crippen LogP contribution in [-0.4, -0.2) is 34.2 Å². The van der Waals surface area contributed by atoms with Crippen LogP contribution in [0.1, 0.15) is 70.3 Å². The number of hydrogen-bond donors (Lipinski definition) is 1. The SMILES string of the molecule is CC(=O)c1cc(F)c2c(c1)C(=O)N(C(C)c1ccc(Cl)cn1)[C@@]2(OCNC(=O)C1CC1)c1ccc(Cl)cc1. The summed E-state index contributed by atoms with van der Waals surface area (Å²) in [5.41, 5.74) is -0.943. The summed E-state index contributed by atoms with van der Waals surface area (Å²) in [5, 5.41) is 3.59. The van der Waals surface area contributed by atoms with Crippen molar-refractivity contribution < 1.29 is 23.5 Å². The van der Waals surface area contributed by atoms with Crippen LogP contribution in [0.2, 0.25) is 10.0 Å². The number of ether oxygens (including phenoxy) is 1. The number of hydrogen-bond acceptors (Lipinski definition) is 5. The third-order valence-corrected chi connectivity index (χ3v) is 7.38. The minimum absolute atomic E-state index is 0.0144. The van der Waals surface area contributed by atoms with Crippen LogP contribution in [0.4, 0.5) is 4.39 Å². The molecule has 196 valence electrons. The molecule has 1 aromatic heterocycles. The summed E-state index contributed by atoms with van der Waals surface area (Å²) in [7, 11) is 0. The minimum atomic E-state index is -1.81. The number of carbonyl (C=O) groups excluding carboxylic acids is 3. The molecule has 1 aliphatic heterocycles. The zero-order valence-corrected chi connectivity index (χ0v) is 22.1. The molecule has 5 rings (SSSR count). The number of nitrogens with zero attached hydrogens (tertiary/aromatic N) is 2. The van der Waals surface area contributed by atoms with Gasteiger partial charge in [0.25, 0.3) is 5.91 Å². The first-order valence-corrected chi connectivity index (χ1v) is 12.9. The molecule has 2 amide bonds. The molecule has 1 N–H and O–H groups in total. The average Bonchev–Trinajstić information content (AvgIpc) is 3.70. The van der Waals surface area contributed by atoms with E-state index in [-0.39, 0.29) is 41.0 Å². The largest absolute Gasteiger partial charge is 0.333 e. The van der Waals surface area contributed by atoms with E-state index in [2.05, 4.69) is 10.3 Å². The summed E-state index contributed by atoms with van der Waals surface area (Å²) in [5.74, 6) is -1.99. The van der Waals surface area contributed by atoms with E-state index < -0.39 is 23.5 Å². The standard InChI is InChI=1S/C28H24Cl2FN3O4/c1-15(24-10-9-21(30)13-32-24)34-27(37)22-11-18(16(2)35)12-23(31)25(22)28(34,19-5-7-20(29)8-6-19)38-14-33-26(36)17-3-4-17/h5-13,15,17H,3-4,14H2,1-2H3,(H,33,36)/t15?,28-/m1/s1. The third-order valence-electron chi connectivity index (χ3n) is 6.90. The van der Waals surface area contributed by atoms with Gasteiger partial charge in [-0.15, -0.1) is 0 Å². The van der Waals surface area contributed by atoms with E-state index in [1.165, 1.54) is 24.1 Å². The van der Waals surface area contributed by atoms with Crippen LogP contribution < -0.4 is 5.32 Å². The lowest BCUT2D eigenvalue weighted by Gasteiger charge is -2.42. The Kier molecular flexibility index (Phi) is 6.98. The highest BCUT2D eigenvalue weighted by Crippen LogP contribution is 2.50. The first-order chi connectivity index (χ1) is 18.1. The zero-order valence-electron chi connectivity index (χ0n) is 20.6. The summed E-state index contributed by atoms with van der Waals surface area (Å²) in [6.07, 6.45) is 3.04. The van der Waals surface area contributed by atoms with Gasteiger partial charge < -0.3 is 10.1 Å². The van der Waals surface area contributed by atoms with Crippen molar-refractivity contribution >= 4 is 40.8 Å². The number of halogens is 3. The molecule has 2 atom stereocenters. The van der Waals surface area contributed by atoms with Crippen molar-refractivity contribution in [1.29, 1.82) is 0 Å². The predicted molar refractivity (Wildman–Crippen MR) is 139 cm³/mol. The predicted octanol–water partition coefficient (Wildman–Crippen LogP) is 5.65. The number of amides is 2. The molecule has 0 bridgehead atoms. The molecule has 1 aliphatic carbocycles. The topological polar surface area (TPSA) is 88.6 Å². The Morgan fingerprint density at radius 1 is 1.16 bits per heavy atom. The Hall–Kier alpha value is -3.33. The monoisotopic (exact) mass is 555 g/mol. The van der Waals surface area contributed by atoms with E-state index in [0.29, 0.717) is 21.3 Å². The van der Waals surface area contributed by atoms with Gasteiger partial charge in [0.2, 0.25) is 11.6 Å². The average molecular weight is 556 g/mol. The fourth-order valence-electron chi connectivity index (χ4n) is 4.82. The number of nitrogens with one attached hydrogen (secondary N) is 1. The van der Waals surface area contributed by atoms with Gasteiger partial charge in [-0.2, -0.15) is 0 Å². The van der Waals surface area contributed by atoms with Crippen LogP contribution in [-0.2, 0) is 15.3 Å². The van der Waals surface area contributed by atoms with Crippen LogP contribution in [0.15, 0.2) is 54.7 Å². The highest BCUT2D eigenvalue weighted by Gasteiger charge is 2.56. The van der Waals surface area contributed by atoms with Gasteiger partial charge >= 0.3 is 0 Å². The Balaban J connectivity index is 1.72. The molecule has 1 saturated carbocycles. The number of rotatable bonds is 8. The summed E-state index contributed by atoms with van der Waals surface area (Å²) in [6, 6.07) is 11.5. The molecular formula is C28H24Cl2FN3O4. The van der Waals surface area contributed by atoms with Gasteiger partial charge in [-0.05, 0) is 63.1 Å². The van der Waals surface area contributed by atoms with Crippen molar-refractivity contribution in [2.75, 3.05) is 6.73 Å². The number of pyridine rings is 1. The minimum Gasteiger partial charge on any atom is -0.333 e. The fraction of sp³-hybridized carbons (Fsp3) is 0.286. The molecular weight excluding hydrogens is 532 g/mol. The molecule has 3 aromatic rings.